The summed E-state index contributed by atoms with van der Waals surface area (Å²) in [5.74, 6) is -11.0. The smallest absolute Gasteiger partial charge is 0.454 e. The van der Waals surface area contributed by atoms with Crippen molar-refractivity contribution in [3.05, 3.63) is 11.3 Å². The van der Waals surface area contributed by atoms with Gasteiger partial charge < -0.3 is 4.74 Å². The van der Waals surface area contributed by atoms with Gasteiger partial charge in [0.05, 0.1) is 0 Å². The fourth-order valence-electron chi connectivity index (χ4n) is 0.996. The molecule has 0 amide bonds. The van der Waals surface area contributed by atoms with E-state index in [0.717, 1.165) is 0 Å². The van der Waals surface area contributed by atoms with Gasteiger partial charge in [0.25, 0.3) is 6.36 Å². The topological polar surface area (TPSA) is 9.23 Å². The van der Waals surface area contributed by atoms with Crippen molar-refractivity contribution in [2.75, 3.05) is 6.67 Å². The Hall–Kier alpha value is -1.37. The molecule has 1 unspecified atom stereocenters. The normalized spacial score (nSPS) is 15.5. The maximum atomic E-state index is 12.8. The number of halogens is 13. The van der Waals surface area contributed by atoms with Crippen molar-refractivity contribution in [2.24, 2.45) is 0 Å². The molecule has 1 nitrogen and oxygen atoms in total. The maximum absolute atomic E-state index is 12.8. The van der Waals surface area contributed by atoms with Gasteiger partial charge in [0.2, 0.25) is 0 Å². The van der Waals surface area contributed by atoms with Crippen LogP contribution >= 0.6 is 0 Å². The number of allylic oxidation sites excluding steroid dienone is 2. The van der Waals surface area contributed by atoms with Crippen molar-refractivity contribution in [2.45, 2.75) is 30.8 Å². The molecule has 1 atom stereocenters. The molecule has 0 saturated carbocycles. The highest BCUT2D eigenvalue weighted by Gasteiger charge is 2.68. The third-order valence-corrected chi connectivity index (χ3v) is 1.80. The fraction of sp³-hybridized carbons (Fsp3) is 0.750. The molecule has 0 aromatic heterocycles. The van der Waals surface area contributed by atoms with E-state index in [1.165, 1.54) is 0 Å². The predicted octanol–water partition coefficient (Wildman–Crippen LogP) is 4.84. The summed E-state index contributed by atoms with van der Waals surface area (Å²) < 4.78 is 161. The molecule has 0 radical (unpaired) electrons. The van der Waals surface area contributed by atoms with E-state index in [0.29, 0.717) is 0 Å². The summed E-state index contributed by atoms with van der Waals surface area (Å²) in [5.41, 5.74) is -4.43. The van der Waals surface area contributed by atoms with Crippen molar-refractivity contribution in [3.63, 3.8) is 0 Å². The maximum Gasteiger partial charge on any atom is 0.461 e. The highest BCUT2D eigenvalue weighted by atomic mass is 19.4. The largest absolute Gasteiger partial charge is 0.461 e. The van der Waals surface area contributed by atoms with Crippen molar-refractivity contribution in [1.29, 1.82) is 0 Å². The van der Waals surface area contributed by atoms with Gasteiger partial charge in [0.1, 0.15) is 0 Å². The van der Waals surface area contributed by atoms with E-state index in [2.05, 4.69) is 4.74 Å². The molecule has 0 fully saturated rings. The van der Waals surface area contributed by atoms with E-state index in [1.54, 1.807) is 0 Å². The third-order valence-electron chi connectivity index (χ3n) is 1.80. The molecule has 0 bridgehead atoms. The second-order valence-electron chi connectivity index (χ2n) is 3.45. The van der Waals surface area contributed by atoms with Crippen LogP contribution in [0.3, 0.4) is 0 Å². The molecule has 0 aliphatic carbocycles. The second-order valence-corrected chi connectivity index (χ2v) is 3.45. The van der Waals surface area contributed by atoms with E-state index in [4.69, 9.17) is 0 Å². The van der Waals surface area contributed by atoms with Crippen molar-refractivity contribution >= 4 is 0 Å². The molecular weight excluding hydrogens is 359 g/mol. The Morgan fingerprint density at radius 1 is 0.773 bits per heavy atom. The predicted molar refractivity (Wildman–Crippen MR) is 42.1 cm³/mol. The number of ether oxygens (including phenoxy) is 1. The Morgan fingerprint density at radius 2 is 1.14 bits per heavy atom. The molecule has 132 valence electrons. The third kappa shape index (κ3) is 4.56. The fourth-order valence-corrected chi connectivity index (χ4v) is 0.996. The number of rotatable bonds is 4. The minimum Gasteiger partial charge on any atom is -0.454 e. The molecular formula is C8H3F13O. The van der Waals surface area contributed by atoms with E-state index in [9.17, 15) is 57.1 Å². The highest BCUT2D eigenvalue weighted by molar-refractivity contribution is 5.26. The summed E-state index contributed by atoms with van der Waals surface area (Å²) in [6, 6.07) is 0. The molecule has 0 aromatic rings. The van der Waals surface area contributed by atoms with Crippen LogP contribution in [-0.2, 0) is 4.74 Å². The summed E-state index contributed by atoms with van der Waals surface area (Å²) in [6.45, 7) is -2.57. The zero-order valence-corrected chi connectivity index (χ0v) is 9.61. The summed E-state index contributed by atoms with van der Waals surface area (Å²) in [7, 11) is 0. The van der Waals surface area contributed by atoms with Gasteiger partial charge in [-0.05, 0) is 0 Å². The van der Waals surface area contributed by atoms with Gasteiger partial charge in [-0.3, -0.25) is 0 Å². The molecule has 0 N–H and O–H groups in total. The number of hydrogen-bond donors (Lipinski definition) is 0. The first-order valence-electron chi connectivity index (χ1n) is 4.66. The van der Waals surface area contributed by atoms with Gasteiger partial charge in [0.15, 0.2) is 18.0 Å². The van der Waals surface area contributed by atoms with Crippen LogP contribution in [0.15, 0.2) is 11.3 Å². The summed E-state index contributed by atoms with van der Waals surface area (Å²) >= 11 is 0. The molecule has 0 heterocycles. The summed E-state index contributed by atoms with van der Waals surface area (Å²) in [4.78, 5) is 0. The van der Waals surface area contributed by atoms with Gasteiger partial charge in [-0.15, -0.1) is 0 Å². The van der Waals surface area contributed by atoms with Gasteiger partial charge in [-0.1, -0.05) is 0 Å². The standard InChI is InChI=1S/C8H3F13O/c9-1-2(10)22-4(5(11,12)8(19,20)21)3(6(13,14)15)7(16,17)18/h2H,1H2. The van der Waals surface area contributed by atoms with Crippen LogP contribution in [-0.4, -0.2) is 37.5 Å². The molecule has 0 aliphatic rings. The minimum atomic E-state index is -6.99. The van der Waals surface area contributed by atoms with Crippen LogP contribution < -0.4 is 0 Å². The van der Waals surface area contributed by atoms with Crippen molar-refractivity contribution in [1.82, 2.24) is 0 Å². The van der Waals surface area contributed by atoms with Crippen LogP contribution in [0.2, 0.25) is 0 Å². The van der Waals surface area contributed by atoms with E-state index in [-0.39, 0.29) is 0 Å². The highest BCUT2D eigenvalue weighted by Crippen LogP contribution is 2.49. The zero-order valence-electron chi connectivity index (χ0n) is 9.61. The Kier molecular flexibility index (Phi) is 5.65. The number of hydrogen-bond acceptors (Lipinski definition) is 1. The summed E-state index contributed by atoms with van der Waals surface area (Å²) in [5, 5.41) is 0. The average Bonchev–Trinajstić information content (AvgIpc) is 2.22. The first-order valence-corrected chi connectivity index (χ1v) is 4.66. The lowest BCUT2D eigenvalue weighted by Gasteiger charge is -2.27. The lowest BCUT2D eigenvalue weighted by atomic mass is 10.1. The van der Waals surface area contributed by atoms with Gasteiger partial charge in [0, 0.05) is 0 Å². The van der Waals surface area contributed by atoms with Crippen LogP contribution in [0.4, 0.5) is 57.1 Å². The molecule has 0 aromatic carbocycles. The first kappa shape index (κ1) is 20.6. The van der Waals surface area contributed by atoms with Crippen LogP contribution in [0.5, 0.6) is 0 Å². The number of alkyl halides is 13. The van der Waals surface area contributed by atoms with Gasteiger partial charge >= 0.3 is 24.5 Å². The molecule has 0 aliphatic heterocycles. The summed E-state index contributed by atoms with van der Waals surface area (Å²) in [6.07, 6.45) is -24.5. The SMILES string of the molecule is FCC(F)OC(=C(C(F)(F)F)C(F)(F)F)C(F)(F)C(F)(F)F. The molecule has 0 spiro atoms. The van der Waals surface area contributed by atoms with Crippen LogP contribution in [0.25, 0.3) is 0 Å². The van der Waals surface area contributed by atoms with Gasteiger partial charge in [-0.2, -0.15) is 52.7 Å². The molecule has 22 heavy (non-hydrogen) atoms. The Bertz CT molecular complexity index is 395. The lowest BCUT2D eigenvalue weighted by molar-refractivity contribution is -0.287. The minimum absolute atomic E-state index is 2.57. The molecule has 0 saturated heterocycles. The average molecular weight is 362 g/mol. The van der Waals surface area contributed by atoms with Crippen LogP contribution in [0, 0.1) is 0 Å². The van der Waals surface area contributed by atoms with E-state index < -0.39 is 48.8 Å². The second kappa shape index (κ2) is 6.02. The Morgan fingerprint density at radius 3 is 1.36 bits per heavy atom. The van der Waals surface area contributed by atoms with E-state index in [1.807, 2.05) is 0 Å². The Labute approximate surface area is 112 Å². The van der Waals surface area contributed by atoms with Gasteiger partial charge in [-0.25, -0.2) is 4.39 Å². The van der Waals surface area contributed by atoms with Crippen molar-refractivity contribution in [3.8, 4) is 0 Å². The monoisotopic (exact) mass is 362 g/mol. The lowest BCUT2D eigenvalue weighted by Crippen LogP contribution is -2.44. The van der Waals surface area contributed by atoms with E-state index >= 15 is 0 Å². The first-order chi connectivity index (χ1) is 9.46. The molecule has 0 rings (SSSR count). The Balaban J connectivity index is 6.54. The van der Waals surface area contributed by atoms with Crippen molar-refractivity contribution < 1.29 is 61.8 Å². The zero-order chi connectivity index (χ0) is 18.1. The van der Waals surface area contributed by atoms with Crippen LogP contribution in [0.1, 0.15) is 0 Å². The quantitative estimate of drug-likeness (QED) is 0.514. The molecule has 14 heteroatoms.